The Balaban J connectivity index is 0.00000338. The van der Waals surface area contributed by atoms with E-state index in [-0.39, 0.29) is 29.9 Å². The molecule has 2 N–H and O–H groups in total. The molecule has 2 aromatic heterocycles. The zero-order valence-electron chi connectivity index (χ0n) is 16.1. The second kappa shape index (κ2) is 11.1. The van der Waals surface area contributed by atoms with Crippen LogP contribution in [-0.2, 0) is 13.0 Å². The van der Waals surface area contributed by atoms with Gasteiger partial charge in [0.2, 0.25) is 11.8 Å². The molecule has 0 unspecified atom stereocenters. The van der Waals surface area contributed by atoms with Crippen LogP contribution in [0.1, 0.15) is 62.2 Å². The number of nitrogens with one attached hydrogen (secondary N) is 2. The molecule has 0 saturated carbocycles. The minimum atomic E-state index is 0. The Labute approximate surface area is 171 Å². The van der Waals surface area contributed by atoms with Gasteiger partial charge in [-0.3, -0.25) is 0 Å². The van der Waals surface area contributed by atoms with Crippen LogP contribution in [0.4, 0.5) is 0 Å². The summed E-state index contributed by atoms with van der Waals surface area (Å²) in [6.07, 6.45) is 1.62. The first kappa shape index (κ1) is 22.4. The van der Waals surface area contributed by atoms with Gasteiger partial charge in [-0.1, -0.05) is 19.0 Å². The van der Waals surface area contributed by atoms with Crippen molar-refractivity contribution in [2.24, 2.45) is 4.99 Å². The number of halogens is 1. The minimum absolute atomic E-state index is 0. The fourth-order valence-electron chi connectivity index (χ4n) is 2.15. The van der Waals surface area contributed by atoms with Crippen LogP contribution in [0, 0.1) is 13.8 Å². The summed E-state index contributed by atoms with van der Waals surface area (Å²) < 4.78 is 10.8. The SMILES string of the molecule is CCNC(=NCc1nc(C)c(C)o1)NCCCc1nc(C(C)C)no1.I. The molecule has 146 valence electrons. The molecule has 0 aromatic carbocycles. The second-order valence-electron chi connectivity index (χ2n) is 6.18. The number of guanidine groups is 1. The zero-order chi connectivity index (χ0) is 18.2. The number of hydrogen-bond donors (Lipinski definition) is 2. The molecular weight excluding hydrogens is 447 g/mol. The molecule has 2 rings (SSSR count). The third-order valence-electron chi connectivity index (χ3n) is 3.65. The molecule has 2 heterocycles. The van der Waals surface area contributed by atoms with Gasteiger partial charge in [0.25, 0.3) is 0 Å². The van der Waals surface area contributed by atoms with Crippen LogP contribution in [0.25, 0.3) is 0 Å². The van der Waals surface area contributed by atoms with Crippen molar-refractivity contribution in [3.05, 3.63) is 29.1 Å². The van der Waals surface area contributed by atoms with E-state index in [1.807, 2.05) is 34.6 Å². The van der Waals surface area contributed by atoms with Gasteiger partial charge in [-0.15, -0.1) is 24.0 Å². The maximum absolute atomic E-state index is 5.55. The molecule has 0 spiro atoms. The van der Waals surface area contributed by atoms with Crippen molar-refractivity contribution in [3.8, 4) is 0 Å². The molecule has 2 aromatic rings. The highest BCUT2D eigenvalue weighted by Gasteiger charge is 2.09. The van der Waals surface area contributed by atoms with Gasteiger partial charge in [-0.05, 0) is 27.2 Å². The predicted molar refractivity (Wildman–Crippen MR) is 111 cm³/mol. The highest BCUT2D eigenvalue weighted by Crippen LogP contribution is 2.10. The van der Waals surface area contributed by atoms with E-state index in [1.165, 1.54) is 0 Å². The molecule has 0 bridgehead atoms. The van der Waals surface area contributed by atoms with E-state index < -0.39 is 0 Å². The Morgan fingerprint density at radius 2 is 1.92 bits per heavy atom. The summed E-state index contributed by atoms with van der Waals surface area (Å²) in [5, 5.41) is 10.5. The van der Waals surface area contributed by atoms with Crippen molar-refractivity contribution in [2.75, 3.05) is 13.1 Å². The van der Waals surface area contributed by atoms with E-state index in [0.717, 1.165) is 49.2 Å². The molecule has 0 fully saturated rings. The molecule has 9 heteroatoms. The fraction of sp³-hybridized carbons (Fsp3) is 0.647. The lowest BCUT2D eigenvalue weighted by atomic mass is 10.2. The Morgan fingerprint density at radius 3 is 2.50 bits per heavy atom. The quantitative estimate of drug-likeness (QED) is 0.261. The van der Waals surface area contributed by atoms with E-state index in [0.29, 0.717) is 18.3 Å². The van der Waals surface area contributed by atoms with Crippen LogP contribution in [0.2, 0.25) is 0 Å². The molecule has 0 saturated heterocycles. The first-order valence-electron chi connectivity index (χ1n) is 8.77. The average Bonchev–Trinajstić information content (AvgIpc) is 3.16. The van der Waals surface area contributed by atoms with Crippen LogP contribution in [0.15, 0.2) is 13.9 Å². The van der Waals surface area contributed by atoms with E-state index in [4.69, 9.17) is 8.94 Å². The van der Waals surface area contributed by atoms with Gasteiger partial charge in [0.15, 0.2) is 11.8 Å². The molecule has 0 atom stereocenters. The normalized spacial score (nSPS) is 11.5. The first-order valence-corrected chi connectivity index (χ1v) is 8.77. The summed E-state index contributed by atoms with van der Waals surface area (Å²) in [5.41, 5.74) is 0.906. The standard InChI is InChI=1S/C17H28N6O2.HI/c1-6-18-17(20-10-15-21-12(4)13(5)24-15)19-9-7-8-14-22-16(11(2)3)23-25-14;/h11H,6-10H2,1-5H3,(H2,18,19,20);1H. The second-order valence-corrected chi connectivity index (χ2v) is 6.18. The van der Waals surface area contributed by atoms with Crippen LogP contribution in [0.5, 0.6) is 0 Å². The topological polar surface area (TPSA) is 101 Å². The summed E-state index contributed by atoms with van der Waals surface area (Å²) in [6.45, 7) is 11.9. The molecule has 26 heavy (non-hydrogen) atoms. The average molecular weight is 476 g/mol. The summed E-state index contributed by atoms with van der Waals surface area (Å²) in [5.74, 6) is 3.92. The minimum Gasteiger partial charge on any atom is -0.444 e. The van der Waals surface area contributed by atoms with Crippen LogP contribution in [-0.4, -0.2) is 34.2 Å². The Morgan fingerprint density at radius 1 is 1.15 bits per heavy atom. The lowest BCUT2D eigenvalue weighted by molar-refractivity contribution is 0.368. The van der Waals surface area contributed by atoms with Crippen molar-refractivity contribution in [1.82, 2.24) is 25.8 Å². The van der Waals surface area contributed by atoms with Crippen molar-refractivity contribution < 1.29 is 8.94 Å². The van der Waals surface area contributed by atoms with Crippen molar-refractivity contribution in [3.63, 3.8) is 0 Å². The molecule has 0 aliphatic rings. The number of aromatic nitrogens is 3. The Kier molecular flexibility index (Phi) is 9.60. The largest absolute Gasteiger partial charge is 0.444 e. The monoisotopic (exact) mass is 476 g/mol. The number of aryl methyl sites for hydroxylation is 3. The number of nitrogens with zero attached hydrogens (tertiary/aromatic N) is 4. The van der Waals surface area contributed by atoms with Gasteiger partial charge in [0.1, 0.15) is 12.3 Å². The summed E-state index contributed by atoms with van der Waals surface area (Å²) >= 11 is 0. The smallest absolute Gasteiger partial charge is 0.226 e. The lowest BCUT2D eigenvalue weighted by Crippen LogP contribution is -2.37. The van der Waals surface area contributed by atoms with Gasteiger partial charge < -0.3 is 19.6 Å². The van der Waals surface area contributed by atoms with Crippen LogP contribution < -0.4 is 10.6 Å². The third kappa shape index (κ3) is 6.93. The maximum Gasteiger partial charge on any atom is 0.226 e. The van der Waals surface area contributed by atoms with Gasteiger partial charge in [0.05, 0.1) is 5.69 Å². The number of oxazole rings is 1. The fourth-order valence-corrected chi connectivity index (χ4v) is 2.15. The Hall–Kier alpha value is -1.65. The lowest BCUT2D eigenvalue weighted by Gasteiger charge is -2.10. The number of rotatable bonds is 8. The molecule has 0 radical (unpaired) electrons. The van der Waals surface area contributed by atoms with Gasteiger partial charge in [-0.2, -0.15) is 4.98 Å². The maximum atomic E-state index is 5.55. The zero-order valence-corrected chi connectivity index (χ0v) is 18.5. The van der Waals surface area contributed by atoms with E-state index in [1.54, 1.807) is 0 Å². The molecule has 0 amide bonds. The Bertz CT molecular complexity index is 676. The predicted octanol–water partition coefficient (Wildman–Crippen LogP) is 3.10. The van der Waals surface area contributed by atoms with Crippen molar-refractivity contribution in [2.45, 2.75) is 59.9 Å². The molecule has 0 aliphatic heterocycles. The van der Waals surface area contributed by atoms with Crippen molar-refractivity contribution in [1.29, 1.82) is 0 Å². The van der Waals surface area contributed by atoms with Crippen LogP contribution in [0.3, 0.4) is 0 Å². The van der Waals surface area contributed by atoms with E-state index in [2.05, 4.69) is 30.8 Å². The number of aliphatic imine (C=N–C) groups is 1. The summed E-state index contributed by atoms with van der Waals surface area (Å²) in [6, 6.07) is 0. The summed E-state index contributed by atoms with van der Waals surface area (Å²) in [7, 11) is 0. The summed E-state index contributed by atoms with van der Waals surface area (Å²) in [4.78, 5) is 13.2. The first-order chi connectivity index (χ1) is 12.0. The van der Waals surface area contributed by atoms with Gasteiger partial charge >= 0.3 is 0 Å². The van der Waals surface area contributed by atoms with E-state index >= 15 is 0 Å². The van der Waals surface area contributed by atoms with Crippen molar-refractivity contribution >= 4 is 29.9 Å². The van der Waals surface area contributed by atoms with Crippen LogP contribution >= 0.6 is 24.0 Å². The molecule has 0 aliphatic carbocycles. The molecular formula is C17H29IN6O2. The third-order valence-corrected chi connectivity index (χ3v) is 3.65. The number of hydrogen-bond acceptors (Lipinski definition) is 6. The van der Waals surface area contributed by atoms with Gasteiger partial charge in [0, 0.05) is 25.4 Å². The van der Waals surface area contributed by atoms with Gasteiger partial charge in [-0.25, -0.2) is 9.98 Å². The van der Waals surface area contributed by atoms with E-state index in [9.17, 15) is 0 Å². The highest BCUT2D eigenvalue weighted by molar-refractivity contribution is 14.0. The highest BCUT2D eigenvalue weighted by atomic mass is 127. The molecule has 8 nitrogen and oxygen atoms in total.